The van der Waals surface area contributed by atoms with Crippen LogP contribution in [0, 0.1) is 11.8 Å². The van der Waals surface area contributed by atoms with Gasteiger partial charge in [0.25, 0.3) is 0 Å². The van der Waals surface area contributed by atoms with E-state index in [0.29, 0.717) is 11.8 Å². The van der Waals surface area contributed by atoms with Crippen molar-refractivity contribution >= 4 is 5.91 Å². The largest absolute Gasteiger partial charge is 0.356 e. The van der Waals surface area contributed by atoms with Crippen LogP contribution in [-0.4, -0.2) is 12.5 Å². The van der Waals surface area contributed by atoms with Crippen LogP contribution in [0.25, 0.3) is 0 Å². The molecule has 2 heteroatoms. The van der Waals surface area contributed by atoms with E-state index in [2.05, 4.69) is 35.7 Å². The zero-order valence-electron chi connectivity index (χ0n) is 11.4. The first-order chi connectivity index (χ1) is 9.33. The van der Waals surface area contributed by atoms with Crippen molar-refractivity contribution in [2.45, 2.75) is 32.1 Å². The highest BCUT2D eigenvalue weighted by Gasteiger charge is 2.56. The third-order valence-electron chi connectivity index (χ3n) is 4.48. The predicted octanol–water partition coefficient (Wildman–Crippen LogP) is 3.04. The van der Waals surface area contributed by atoms with Crippen molar-refractivity contribution < 1.29 is 4.79 Å². The van der Waals surface area contributed by atoms with Crippen molar-refractivity contribution in [2.75, 3.05) is 6.54 Å². The average molecular weight is 255 g/mol. The maximum Gasteiger partial charge on any atom is 0.224 e. The first-order valence-electron chi connectivity index (χ1n) is 7.29. The van der Waals surface area contributed by atoms with Gasteiger partial charge < -0.3 is 5.32 Å². The molecular formula is C17H21NO. The molecule has 2 aliphatic rings. The number of hydrogen-bond donors (Lipinski definition) is 1. The van der Waals surface area contributed by atoms with Gasteiger partial charge in [-0.15, -0.1) is 0 Å². The Morgan fingerprint density at radius 2 is 2.26 bits per heavy atom. The van der Waals surface area contributed by atoms with Crippen molar-refractivity contribution in [1.82, 2.24) is 5.32 Å². The number of amides is 1. The van der Waals surface area contributed by atoms with Crippen molar-refractivity contribution in [1.29, 1.82) is 0 Å². The minimum atomic E-state index is 0.231. The van der Waals surface area contributed by atoms with E-state index in [4.69, 9.17) is 0 Å². The van der Waals surface area contributed by atoms with Crippen molar-refractivity contribution in [3.63, 3.8) is 0 Å². The molecule has 1 saturated carbocycles. The minimum absolute atomic E-state index is 0.231. The predicted molar refractivity (Wildman–Crippen MR) is 76.9 cm³/mol. The lowest BCUT2D eigenvalue weighted by Crippen LogP contribution is -2.26. The molecule has 1 amide bonds. The Bertz CT molecular complexity index is 506. The zero-order valence-corrected chi connectivity index (χ0v) is 11.4. The van der Waals surface area contributed by atoms with E-state index in [1.54, 1.807) is 0 Å². The number of carbonyl (C=O) groups is 1. The van der Waals surface area contributed by atoms with E-state index in [-0.39, 0.29) is 11.8 Å². The Morgan fingerprint density at radius 3 is 3.11 bits per heavy atom. The summed E-state index contributed by atoms with van der Waals surface area (Å²) in [6, 6.07) is 8.62. The summed E-state index contributed by atoms with van der Waals surface area (Å²) in [5, 5.41) is 3.08. The summed E-state index contributed by atoms with van der Waals surface area (Å²) in [4.78, 5) is 12.2. The van der Waals surface area contributed by atoms with E-state index in [0.717, 1.165) is 19.4 Å². The molecule has 0 saturated heterocycles. The van der Waals surface area contributed by atoms with Crippen LogP contribution in [-0.2, 0) is 11.2 Å². The van der Waals surface area contributed by atoms with Gasteiger partial charge in [0.05, 0.1) is 0 Å². The molecule has 3 atom stereocenters. The first-order valence-corrected chi connectivity index (χ1v) is 7.29. The van der Waals surface area contributed by atoms with E-state index in [1.165, 1.54) is 17.5 Å². The number of hydrogen-bond acceptors (Lipinski definition) is 1. The van der Waals surface area contributed by atoms with Crippen LogP contribution in [0.5, 0.6) is 0 Å². The molecule has 0 heterocycles. The molecule has 100 valence electrons. The molecule has 19 heavy (non-hydrogen) atoms. The normalized spacial score (nSPS) is 27.7. The maximum atomic E-state index is 12.2. The molecular weight excluding hydrogens is 234 g/mol. The van der Waals surface area contributed by atoms with Crippen LogP contribution >= 0.6 is 0 Å². The summed E-state index contributed by atoms with van der Waals surface area (Å²) in [7, 11) is 0. The van der Waals surface area contributed by atoms with Gasteiger partial charge in [-0.3, -0.25) is 4.79 Å². The fraction of sp³-hybridized carbons (Fsp3) is 0.471. The Balaban J connectivity index is 1.62. The highest BCUT2D eigenvalue weighted by Crippen LogP contribution is 2.59. The van der Waals surface area contributed by atoms with Crippen LogP contribution < -0.4 is 5.32 Å². The second-order valence-corrected chi connectivity index (χ2v) is 5.60. The lowest BCUT2D eigenvalue weighted by Gasteiger charge is -2.13. The maximum absolute atomic E-state index is 12.2. The highest BCUT2D eigenvalue weighted by molar-refractivity contribution is 5.84. The lowest BCUT2D eigenvalue weighted by molar-refractivity contribution is -0.122. The van der Waals surface area contributed by atoms with Crippen molar-refractivity contribution in [2.24, 2.45) is 11.8 Å². The van der Waals surface area contributed by atoms with Crippen LogP contribution in [0.3, 0.4) is 0 Å². The molecule has 1 N–H and O–H groups in total. The molecule has 3 unspecified atom stereocenters. The molecule has 0 bridgehead atoms. The number of fused-ring (bicyclic) bond motifs is 3. The average Bonchev–Trinajstić information content (AvgIpc) is 3.18. The molecule has 1 fully saturated rings. The Hall–Kier alpha value is -1.57. The highest BCUT2D eigenvalue weighted by atomic mass is 16.2. The van der Waals surface area contributed by atoms with E-state index >= 15 is 0 Å². The van der Waals surface area contributed by atoms with Gasteiger partial charge in [0.2, 0.25) is 5.91 Å². The van der Waals surface area contributed by atoms with Gasteiger partial charge in [-0.1, -0.05) is 36.4 Å². The summed E-state index contributed by atoms with van der Waals surface area (Å²) in [5.41, 5.74) is 2.88. The van der Waals surface area contributed by atoms with Gasteiger partial charge in [-0.2, -0.15) is 0 Å². The van der Waals surface area contributed by atoms with Crippen LogP contribution in [0.15, 0.2) is 36.4 Å². The van der Waals surface area contributed by atoms with Crippen LogP contribution in [0.2, 0.25) is 0 Å². The van der Waals surface area contributed by atoms with E-state index in [1.807, 2.05) is 13.0 Å². The molecule has 0 radical (unpaired) electrons. The lowest BCUT2D eigenvalue weighted by atomic mass is 9.92. The van der Waals surface area contributed by atoms with Gasteiger partial charge >= 0.3 is 0 Å². The summed E-state index contributed by atoms with van der Waals surface area (Å²) >= 11 is 0. The van der Waals surface area contributed by atoms with Gasteiger partial charge in [0.15, 0.2) is 0 Å². The number of rotatable bonds is 4. The van der Waals surface area contributed by atoms with Crippen LogP contribution in [0.1, 0.15) is 36.8 Å². The quantitative estimate of drug-likeness (QED) is 0.650. The second kappa shape index (κ2) is 5.20. The van der Waals surface area contributed by atoms with Gasteiger partial charge in [0, 0.05) is 12.5 Å². The minimum Gasteiger partial charge on any atom is -0.356 e. The first kappa shape index (κ1) is 12.5. The summed E-state index contributed by atoms with van der Waals surface area (Å²) in [6.45, 7) is 2.77. The second-order valence-electron chi connectivity index (χ2n) is 5.60. The fourth-order valence-corrected chi connectivity index (χ4v) is 3.49. The molecule has 0 spiro atoms. The van der Waals surface area contributed by atoms with Gasteiger partial charge in [-0.05, 0) is 49.1 Å². The third kappa shape index (κ3) is 2.32. The topological polar surface area (TPSA) is 29.1 Å². The standard InChI is InChI=1S/C17H21NO/c1-2-3-6-11-18-17(19)16-14-10-9-12-7-4-5-8-13(12)15(14)16/h2-5,7-8,14-16H,6,9-11H2,1H3,(H,18,19)/b3-2+. The SMILES string of the molecule is C/C=C/CCNC(=O)C1C2CCc3ccccc3C21. The number of aryl methyl sites for hydroxylation is 1. The summed E-state index contributed by atoms with van der Waals surface area (Å²) in [5.74, 6) is 1.58. The monoisotopic (exact) mass is 255 g/mol. The number of benzene rings is 1. The number of carbonyl (C=O) groups excluding carboxylic acids is 1. The molecule has 2 nitrogen and oxygen atoms in total. The molecule has 1 aromatic rings. The van der Waals surface area contributed by atoms with E-state index < -0.39 is 0 Å². The Kier molecular flexibility index (Phi) is 3.41. The van der Waals surface area contributed by atoms with Crippen molar-refractivity contribution in [3.05, 3.63) is 47.5 Å². The molecule has 0 aliphatic heterocycles. The van der Waals surface area contributed by atoms with Crippen LogP contribution in [0.4, 0.5) is 0 Å². The summed E-state index contributed by atoms with van der Waals surface area (Å²) < 4.78 is 0. The Labute approximate surface area is 114 Å². The summed E-state index contributed by atoms with van der Waals surface area (Å²) in [6.07, 6.45) is 7.37. The molecule has 2 aliphatic carbocycles. The third-order valence-corrected chi connectivity index (χ3v) is 4.48. The number of nitrogens with one attached hydrogen (secondary N) is 1. The fourth-order valence-electron chi connectivity index (χ4n) is 3.49. The van der Waals surface area contributed by atoms with Gasteiger partial charge in [0.1, 0.15) is 0 Å². The smallest absolute Gasteiger partial charge is 0.224 e. The zero-order chi connectivity index (χ0) is 13.2. The number of allylic oxidation sites excluding steroid dienone is 1. The van der Waals surface area contributed by atoms with E-state index in [9.17, 15) is 4.79 Å². The molecule has 0 aromatic heterocycles. The Morgan fingerprint density at radius 1 is 1.42 bits per heavy atom. The van der Waals surface area contributed by atoms with Crippen molar-refractivity contribution in [3.8, 4) is 0 Å². The molecule has 3 rings (SSSR count). The molecule has 1 aromatic carbocycles. The van der Waals surface area contributed by atoms with Gasteiger partial charge in [-0.25, -0.2) is 0 Å².